The Hall–Kier alpha value is -2.49. The topological polar surface area (TPSA) is 92.8 Å². The number of benzene rings is 2. The second-order valence-corrected chi connectivity index (χ2v) is 8.71. The second kappa shape index (κ2) is 8.89. The molecule has 1 fully saturated rings. The normalized spacial score (nSPS) is 14.6. The average molecular weight is 441 g/mol. The van der Waals surface area contributed by atoms with Gasteiger partial charge in [-0.05, 0) is 43.2 Å². The molecule has 0 unspecified atom stereocenters. The van der Waals surface area contributed by atoms with Crippen molar-refractivity contribution in [2.24, 2.45) is 0 Å². The lowest BCUT2D eigenvalue weighted by atomic mass is 10.2. The number of halogens is 2. The molecule has 29 heavy (non-hydrogen) atoms. The molecule has 0 bridgehead atoms. The summed E-state index contributed by atoms with van der Waals surface area (Å²) in [6, 6.07) is 9.51. The van der Waals surface area contributed by atoms with Crippen molar-refractivity contribution in [1.82, 2.24) is 4.31 Å². The Morgan fingerprint density at radius 3 is 2.52 bits per heavy atom. The maximum absolute atomic E-state index is 13.7. The molecule has 0 saturated carbocycles. The van der Waals surface area contributed by atoms with Crippen molar-refractivity contribution in [3.63, 3.8) is 0 Å². The molecule has 1 amide bonds. The maximum atomic E-state index is 13.7. The Kier molecular flexibility index (Phi) is 6.51. The van der Waals surface area contributed by atoms with Gasteiger partial charge in [-0.1, -0.05) is 23.7 Å². The van der Waals surface area contributed by atoms with Gasteiger partial charge < -0.3 is 10.1 Å². The summed E-state index contributed by atoms with van der Waals surface area (Å²) in [5, 5.41) is 2.33. The number of anilines is 1. The molecule has 2 aromatic rings. The third kappa shape index (κ3) is 4.92. The standard InChI is InChI=1S/C19H18ClFN2O5S/c20-15-7-4-8-16(21)18(15)19(25)28-12-17(24)22-13-5-3-6-14(11-13)29(26,27)23-9-1-2-10-23/h3-8,11H,1-2,9-10,12H2,(H,22,24). The smallest absolute Gasteiger partial charge is 0.343 e. The lowest BCUT2D eigenvalue weighted by Crippen LogP contribution is -2.28. The van der Waals surface area contributed by atoms with Crippen LogP contribution < -0.4 is 5.32 Å². The van der Waals surface area contributed by atoms with Crippen LogP contribution in [-0.4, -0.2) is 44.3 Å². The van der Waals surface area contributed by atoms with Crippen LogP contribution in [0.25, 0.3) is 0 Å². The summed E-state index contributed by atoms with van der Waals surface area (Å²) in [5.74, 6) is -2.64. The molecular formula is C19H18ClFN2O5S. The highest BCUT2D eigenvalue weighted by Crippen LogP contribution is 2.23. The molecule has 0 radical (unpaired) electrons. The Bertz CT molecular complexity index is 1020. The molecule has 1 aliphatic heterocycles. The molecule has 154 valence electrons. The summed E-state index contributed by atoms with van der Waals surface area (Å²) in [6.07, 6.45) is 1.63. The zero-order valence-corrected chi connectivity index (χ0v) is 16.8. The molecule has 0 aliphatic carbocycles. The molecule has 2 aromatic carbocycles. The first-order chi connectivity index (χ1) is 13.8. The van der Waals surface area contributed by atoms with Crippen molar-refractivity contribution in [3.8, 4) is 0 Å². The van der Waals surface area contributed by atoms with Crippen molar-refractivity contribution in [2.45, 2.75) is 17.7 Å². The number of hydrogen-bond acceptors (Lipinski definition) is 5. The number of ether oxygens (including phenoxy) is 1. The van der Waals surface area contributed by atoms with E-state index in [1.807, 2.05) is 0 Å². The highest BCUT2D eigenvalue weighted by molar-refractivity contribution is 7.89. The van der Waals surface area contributed by atoms with Crippen LogP contribution in [0, 0.1) is 5.82 Å². The first-order valence-electron chi connectivity index (χ1n) is 8.80. The van der Waals surface area contributed by atoms with Crippen LogP contribution in [0.15, 0.2) is 47.4 Å². The van der Waals surface area contributed by atoms with Gasteiger partial charge in [0.15, 0.2) is 6.61 Å². The number of hydrogen-bond donors (Lipinski definition) is 1. The number of carbonyl (C=O) groups excluding carboxylic acids is 2. The summed E-state index contributed by atoms with van der Waals surface area (Å²) in [7, 11) is -3.63. The quantitative estimate of drug-likeness (QED) is 0.697. The minimum atomic E-state index is -3.63. The van der Waals surface area contributed by atoms with Gasteiger partial charge in [-0.25, -0.2) is 17.6 Å². The SMILES string of the molecule is O=C(COC(=O)c1c(F)cccc1Cl)Nc1cccc(S(=O)(=O)N2CCCC2)c1. The lowest BCUT2D eigenvalue weighted by Gasteiger charge is -2.16. The molecule has 10 heteroatoms. The van der Waals surface area contributed by atoms with E-state index in [0.717, 1.165) is 18.9 Å². The molecule has 1 saturated heterocycles. The van der Waals surface area contributed by atoms with Crippen LogP contribution in [0.3, 0.4) is 0 Å². The van der Waals surface area contributed by atoms with E-state index in [4.69, 9.17) is 16.3 Å². The van der Waals surface area contributed by atoms with Gasteiger partial charge in [-0.2, -0.15) is 4.31 Å². The van der Waals surface area contributed by atoms with E-state index in [2.05, 4.69) is 5.32 Å². The molecule has 0 spiro atoms. The summed E-state index contributed by atoms with van der Waals surface area (Å²) in [5.41, 5.74) is -0.226. The van der Waals surface area contributed by atoms with E-state index in [9.17, 15) is 22.4 Å². The van der Waals surface area contributed by atoms with Crippen LogP contribution in [0.1, 0.15) is 23.2 Å². The molecule has 7 nitrogen and oxygen atoms in total. The first-order valence-corrected chi connectivity index (χ1v) is 10.6. The lowest BCUT2D eigenvalue weighted by molar-refractivity contribution is -0.119. The van der Waals surface area contributed by atoms with E-state index < -0.39 is 39.9 Å². The second-order valence-electron chi connectivity index (χ2n) is 6.36. The number of esters is 1. The van der Waals surface area contributed by atoms with Crippen molar-refractivity contribution in [3.05, 3.63) is 58.9 Å². The van der Waals surface area contributed by atoms with E-state index in [-0.39, 0.29) is 15.6 Å². The van der Waals surface area contributed by atoms with E-state index in [0.29, 0.717) is 13.1 Å². The van der Waals surface area contributed by atoms with Crippen molar-refractivity contribution < 1.29 is 27.1 Å². The molecule has 0 atom stereocenters. The predicted molar refractivity (Wildman–Crippen MR) is 105 cm³/mol. The van der Waals surface area contributed by atoms with Gasteiger partial charge in [0.25, 0.3) is 5.91 Å². The highest BCUT2D eigenvalue weighted by Gasteiger charge is 2.27. The van der Waals surface area contributed by atoms with Crippen LogP contribution >= 0.6 is 11.6 Å². The number of rotatable bonds is 6. The number of nitrogens with zero attached hydrogens (tertiary/aromatic N) is 1. The van der Waals surface area contributed by atoms with E-state index in [1.165, 1.54) is 40.7 Å². The van der Waals surface area contributed by atoms with Gasteiger partial charge in [-0.15, -0.1) is 0 Å². The minimum Gasteiger partial charge on any atom is -0.452 e. The Labute approximate surface area is 172 Å². The van der Waals surface area contributed by atoms with Crippen molar-refractivity contribution >= 4 is 39.2 Å². The summed E-state index contributed by atoms with van der Waals surface area (Å²) >= 11 is 5.78. The van der Waals surface area contributed by atoms with Crippen LogP contribution in [0.5, 0.6) is 0 Å². The monoisotopic (exact) mass is 440 g/mol. The Morgan fingerprint density at radius 2 is 1.83 bits per heavy atom. The van der Waals surface area contributed by atoms with Gasteiger partial charge >= 0.3 is 5.97 Å². The van der Waals surface area contributed by atoms with Gasteiger partial charge in [0.1, 0.15) is 11.4 Å². The fourth-order valence-electron chi connectivity index (χ4n) is 2.91. The van der Waals surface area contributed by atoms with Crippen molar-refractivity contribution in [1.29, 1.82) is 0 Å². The predicted octanol–water partition coefficient (Wildman–Crippen LogP) is 3.06. The number of nitrogens with one attached hydrogen (secondary N) is 1. The highest BCUT2D eigenvalue weighted by atomic mass is 35.5. The molecule has 1 aliphatic rings. The summed E-state index contributed by atoms with van der Waals surface area (Å²) < 4.78 is 45.1. The average Bonchev–Trinajstić information content (AvgIpc) is 3.22. The van der Waals surface area contributed by atoms with Crippen molar-refractivity contribution in [2.75, 3.05) is 25.0 Å². The van der Waals surface area contributed by atoms with Gasteiger partial charge in [0, 0.05) is 18.8 Å². The largest absolute Gasteiger partial charge is 0.452 e. The van der Waals surface area contributed by atoms with E-state index in [1.54, 1.807) is 0 Å². The number of sulfonamides is 1. The number of carbonyl (C=O) groups is 2. The minimum absolute atomic E-state index is 0.0623. The molecule has 3 rings (SSSR count). The van der Waals surface area contributed by atoms with Crippen LogP contribution in [0.2, 0.25) is 5.02 Å². The van der Waals surface area contributed by atoms with Gasteiger partial charge in [0.05, 0.1) is 9.92 Å². The molecule has 1 N–H and O–H groups in total. The first kappa shape index (κ1) is 21.2. The van der Waals surface area contributed by atoms with Crippen LogP contribution in [-0.2, 0) is 19.6 Å². The zero-order valence-electron chi connectivity index (χ0n) is 15.2. The fraction of sp³-hybridized carbons (Fsp3) is 0.263. The molecular weight excluding hydrogens is 423 g/mol. The summed E-state index contributed by atoms with van der Waals surface area (Å²) in [4.78, 5) is 24.1. The Balaban J connectivity index is 1.63. The molecule has 1 heterocycles. The third-order valence-corrected chi connectivity index (χ3v) is 6.53. The maximum Gasteiger partial charge on any atom is 0.343 e. The number of amides is 1. The van der Waals surface area contributed by atoms with E-state index >= 15 is 0 Å². The molecule has 0 aromatic heterocycles. The Morgan fingerprint density at radius 1 is 1.14 bits per heavy atom. The third-order valence-electron chi connectivity index (χ3n) is 4.32. The van der Waals surface area contributed by atoms with Gasteiger partial charge in [0.2, 0.25) is 10.0 Å². The summed E-state index contributed by atoms with van der Waals surface area (Å²) in [6.45, 7) is 0.244. The fourth-order valence-corrected chi connectivity index (χ4v) is 4.71. The van der Waals surface area contributed by atoms with Gasteiger partial charge in [-0.3, -0.25) is 4.79 Å². The van der Waals surface area contributed by atoms with Crippen LogP contribution in [0.4, 0.5) is 10.1 Å². The zero-order chi connectivity index (χ0) is 21.0.